The van der Waals surface area contributed by atoms with Crippen molar-refractivity contribution >= 4 is 23.9 Å². The zero-order chi connectivity index (χ0) is 13.5. The molecule has 18 heavy (non-hydrogen) atoms. The van der Waals surface area contributed by atoms with E-state index >= 15 is 0 Å². The minimum Gasteiger partial charge on any atom is -0.479 e. The predicted molar refractivity (Wildman–Crippen MR) is 52.6 cm³/mol. The molecule has 0 rings (SSSR count). The van der Waals surface area contributed by atoms with Gasteiger partial charge in [0.15, 0.2) is 12.2 Å². The maximum Gasteiger partial charge on any atom is 0.414 e. The molecule has 0 saturated carbocycles. The number of carboxylic acids is 4. The van der Waals surface area contributed by atoms with Gasteiger partial charge in [-0.3, -0.25) is 0 Å². The monoisotopic (exact) mass is 274 g/mol. The van der Waals surface area contributed by atoms with Crippen LogP contribution in [0.2, 0.25) is 0 Å². The Morgan fingerprint density at radius 2 is 0.778 bits per heavy atom. The van der Waals surface area contributed by atoms with Crippen molar-refractivity contribution in [2.45, 2.75) is 12.2 Å². The first kappa shape index (κ1) is 24.8. The van der Waals surface area contributed by atoms with Gasteiger partial charge in [-0.25, -0.2) is 19.2 Å². The van der Waals surface area contributed by atoms with Crippen LogP contribution in [0.4, 0.5) is 0 Å². The highest BCUT2D eigenvalue weighted by molar-refractivity contribution is 6.27. The largest absolute Gasteiger partial charge is 0.479 e. The first-order valence-electron chi connectivity index (χ1n) is 3.39. The molecule has 2 atom stereocenters. The van der Waals surface area contributed by atoms with Gasteiger partial charge in [-0.05, 0) is 0 Å². The van der Waals surface area contributed by atoms with Crippen LogP contribution in [0.5, 0.6) is 0 Å². The fourth-order valence-corrected chi connectivity index (χ4v) is 0.270. The van der Waals surface area contributed by atoms with Gasteiger partial charge in [0.25, 0.3) is 0 Å². The van der Waals surface area contributed by atoms with E-state index in [2.05, 4.69) is 0 Å². The smallest absolute Gasteiger partial charge is 0.414 e. The number of aliphatic hydroxyl groups excluding tert-OH is 2. The van der Waals surface area contributed by atoms with Gasteiger partial charge in [0, 0.05) is 0 Å². The zero-order valence-corrected chi connectivity index (χ0v) is 8.89. The van der Waals surface area contributed by atoms with Crippen LogP contribution in [0.15, 0.2) is 0 Å². The second-order valence-corrected chi connectivity index (χ2v) is 2.18. The van der Waals surface area contributed by atoms with Gasteiger partial charge in [0.1, 0.15) is 0 Å². The zero-order valence-electron chi connectivity index (χ0n) is 8.89. The quantitative estimate of drug-likeness (QED) is 0.245. The third-order valence-electron chi connectivity index (χ3n) is 0.988. The number of hydrogen-bond donors (Lipinski definition) is 8. The van der Waals surface area contributed by atoms with Crippen LogP contribution in [0.1, 0.15) is 0 Å². The summed E-state index contributed by atoms with van der Waals surface area (Å²) < 4.78 is 0. The van der Waals surface area contributed by atoms with Crippen molar-refractivity contribution < 1.29 is 49.8 Å². The van der Waals surface area contributed by atoms with E-state index in [1.54, 1.807) is 0 Å². The number of aliphatic carboxylic acids is 4. The van der Waals surface area contributed by atoms with Crippen LogP contribution >= 0.6 is 0 Å². The molecule has 12 N–H and O–H groups in total. The summed E-state index contributed by atoms with van der Waals surface area (Å²) >= 11 is 0. The van der Waals surface area contributed by atoms with Crippen molar-refractivity contribution in [1.29, 1.82) is 0 Å². The van der Waals surface area contributed by atoms with Gasteiger partial charge in [-0.15, -0.1) is 0 Å². The minimum atomic E-state index is -2.27. The Bertz CT molecular complexity index is 273. The predicted octanol–water partition coefficient (Wildman–Crippen LogP) is -2.64. The normalized spacial score (nSPS) is 11.2. The summed E-state index contributed by atoms with van der Waals surface area (Å²) in [4.78, 5) is 37.7. The van der Waals surface area contributed by atoms with Crippen molar-refractivity contribution in [3.05, 3.63) is 0 Å². The first-order valence-corrected chi connectivity index (χ1v) is 3.39. The molecule has 12 heteroatoms. The van der Waals surface area contributed by atoms with Crippen LogP contribution in [-0.4, -0.2) is 66.7 Å². The Kier molecular flexibility index (Phi) is 15.4. The number of aliphatic hydroxyl groups is 2. The number of rotatable bonds is 3. The third kappa shape index (κ3) is 11.8. The SMILES string of the molecule is N.N.O=C(O)C(=O)O.O=C(O)C(O)C(O)C(=O)O. The minimum absolute atomic E-state index is 0. The highest BCUT2D eigenvalue weighted by Gasteiger charge is 2.29. The van der Waals surface area contributed by atoms with E-state index in [4.69, 9.17) is 40.2 Å². The number of hydrogen-bond acceptors (Lipinski definition) is 8. The second-order valence-electron chi connectivity index (χ2n) is 2.18. The van der Waals surface area contributed by atoms with Gasteiger partial charge in [0.05, 0.1) is 0 Å². The highest BCUT2D eigenvalue weighted by Crippen LogP contribution is 1.92. The molecule has 0 amide bonds. The fourth-order valence-electron chi connectivity index (χ4n) is 0.270. The molecule has 0 heterocycles. The summed E-state index contributed by atoms with van der Waals surface area (Å²) in [6, 6.07) is 0. The molecule has 0 bridgehead atoms. The van der Waals surface area contributed by atoms with Gasteiger partial charge in [0.2, 0.25) is 0 Å². The van der Waals surface area contributed by atoms with Crippen LogP contribution < -0.4 is 12.3 Å². The van der Waals surface area contributed by atoms with Crippen LogP contribution in [0, 0.1) is 0 Å². The van der Waals surface area contributed by atoms with E-state index in [0.29, 0.717) is 0 Å². The van der Waals surface area contributed by atoms with Gasteiger partial charge in [-0.1, -0.05) is 0 Å². The Hall–Kier alpha value is -2.28. The van der Waals surface area contributed by atoms with Crippen molar-refractivity contribution in [2.75, 3.05) is 0 Å². The molecule has 0 aromatic rings. The highest BCUT2D eigenvalue weighted by atomic mass is 16.4. The maximum absolute atomic E-state index is 9.77. The molecule has 0 aromatic carbocycles. The molecule has 108 valence electrons. The lowest BCUT2D eigenvalue weighted by Crippen LogP contribution is -2.39. The van der Waals surface area contributed by atoms with Crippen LogP contribution in [0.25, 0.3) is 0 Å². The fraction of sp³-hybridized carbons (Fsp3) is 0.333. The molecule has 0 aliphatic rings. The second kappa shape index (κ2) is 11.2. The Labute approximate surface area is 99.3 Å². The summed E-state index contributed by atoms with van der Waals surface area (Å²) in [5, 5.41) is 47.3. The maximum atomic E-state index is 9.77. The van der Waals surface area contributed by atoms with Gasteiger partial charge < -0.3 is 42.9 Å². The summed E-state index contributed by atoms with van der Waals surface area (Å²) in [6.45, 7) is 0. The summed E-state index contributed by atoms with van der Waals surface area (Å²) in [5.41, 5.74) is 0. The van der Waals surface area contributed by atoms with E-state index in [1.165, 1.54) is 0 Å². The lowest BCUT2D eigenvalue weighted by Gasteiger charge is -2.07. The van der Waals surface area contributed by atoms with Crippen molar-refractivity contribution in [3.8, 4) is 0 Å². The van der Waals surface area contributed by atoms with Crippen LogP contribution in [0.3, 0.4) is 0 Å². The molecule has 0 radical (unpaired) electrons. The Balaban J connectivity index is -0.000000108. The average Bonchev–Trinajstić information content (AvgIpc) is 2.15. The molecular weight excluding hydrogens is 260 g/mol. The van der Waals surface area contributed by atoms with Crippen LogP contribution in [-0.2, 0) is 19.2 Å². The van der Waals surface area contributed by atoms with E-state index < -0.39 is 36.1 Å². The van der Waals surface area contributed by atoms with Crippen molar-refractivity contribution in [1.82, 2.24) is 12.3 Å². The average molecular weight is 274 g/mol. The Morgan fingerprint density at radius 1 is 0.611 bits per heavy atom. The van der Waals surface area contributed by atoms with Crippen molar-refractivity contribution in [3.63, 3.8) is 0 Å². The molecule has 0 spiro atoms. The standard InChI is InChI=1S/C4H6O6.C2H2O4.2H3N/c5-1(3(7)8)2(6)4(9)10;3-1(4)2(5)6;;/h1-2,5-6H,(H,7,8)(H,9,10);(H,3,4)(H,5,6);2*1H3. The molecule has 0 saturated heterocycles. The lowest BCUT2D eigenvalue weighted by molar-refractivity contribution is -0.165. The molecule has 0 aliphatic carbocycles. The van der Waals surface area contributed by atoms with E-state index in [-0.39, 0.29) is 12.3 Å². The Morgan fingerprint density at radius 3 is 0.833 bits per heavy atom. The summed E-state index contributed by atoms with van der Waals surface area (Å²) in [6.07, 6.45) is -4.53. The van der Waals surface area contributed by atoms with E-state index in [9.17, 15) is 9.59 Å². The van der Waals surface area contributed by atoms with Gasteiger partial charge >= 0.3 is 23.9 Å². The van der Waals surface area contributed by atoms with Crippen molar-refractivity contribution in [2.24, 2.45) is 0 Å². The van der Waals surface area contributed by atoms with E-state index in [0.717, 1.165) is 0 Å². The molecule has 0 aliphatic heterocycles. The molecule has 2 unspecified atom stereocenters. The molecule has 12 nitrogen and oxygen atoms in total. The number of carboxylic acid groups (broad SMARTS) is 4. The first-order chi connectivity index (χ1) is 7.11. The molecule has 0 fully saturated rings. The summed E-state index contributed by atoms with van der Waals surface area (Å²) in [5.74, 6) is -7.19. The third-order valence-corrected chi connectivity index (χ3v) is 0.988. The molecule has 0 aromatic heterocycles. The van der Waals surface area contributed by atoms with Gasteiger partial charge in [-0.2, -0.15) is 0 Å². The molecular formula is C6H14N2O10. The topological polar surface area (TPSA) is 260 Å². The van der Waals surface area contributed by atoms with E-state index in [1.807, 2.05) is 0 Å². The lowest BCUT2D eigenvalue weighted by atomic mass is 10.2. The summed E-state index contributed by atoms with van der Waals surface area (Å²) in [7, 11) is 0. The number of carbonyl (C=O) groups is 4.